The molecule has 0 bridgehead atoms. The number of fused-ring (bicyclic) bond motifs is 2. The van der Waals surface area contributed by atoms with Crippen molar-refractivity contribution < 1.29 is 33.8 Å². The smallest absolute Gasteiger partial charge is 0.408 e. The van der Waals surface area contributed by atoms with Crippen LogP contribution in [0.15, 0.2) is 48.0 Å². The summed E-state index contributed by atoms with van der Waals surface area (Å²) in [7, 11) is 1.59. The van der Waals surface area contributed by atoms with Gasteiger partial charge in [0.2, 0.25) is 11.8 Å². The first-order valence-electron chi connectivity index (χ1n) is 16.9. The molecule has 3 amide bonds. The fraction of sp³-hybridized carbons (Fsp3) is 0.514. The number of amides is 3. The molecule has 0 radical (unpaired) electrons. The number of hydrogen-bond acceptors (Lipinski definition) is 10. The summed E-state index contributed by atoms with van der Waals surface area (Å²) in [4.78, 5) is 61.3. The zero-order chi connectivity index (χ0) is 35.6. The summed E-state index contributed by atoms with van der Waals surface area (Å²) in [6.45, 7) is 5.28. The second kappa shape index (κ2) is 14.2. The van der Waals surface area contributed by atoms with Crippen molar-refractivity contribution in [3.8, 4) is 27.7 Å². The number of nitrogens with zero attached hydrogens (tertiary/aromatic N) is 5. The van der Waals surface area contributed by atoms with E-state index < -0.39 is 53.1 Å². The van der Waals surface area contributed by atoms with Crippen molar-refractivity contribution in [1.29, 1.82) is 0 Å². The highest BCUT2D eigenvalue weighted by atomic mass is 32.1. The van der Waals surface area contributed by atoms with Crippen LogP contribution in [0.5, 0.6) is 5.75 Å². The Balaban J connectivity index is 1.35. The molecule has 1 aliphatic carbocycles. The third-order valence-electron chi connectivity index (χ3n) is 9.28. The van der Waals surface area contributed by atoms with E-state index >= 15 is 0 Å². The molecule has 1 saturated heterocycles. The van der Waals surface area contributed by atoms with Crippen LogP contribution >= 0.6 is 11.3 Å². The van der Waals surface area contributed by atoms with Gasteiger partial charge in [0.05, 0.1) is 13.2 Å². The van der Waals surface area contributed by atoms with Crippen LogP contribution in [-0.4, -0.2) is 90.7 Å². The van der Waals surface area contributed by atoms with Crippen molar-refractivity contribution in [2.75, 3.05) is 13.7 Å². The first-order valence-corrected chi connectivity index (χ1v) is 17.8. The van der Waals surface area contributed by atoms with E-state index in [1.165, 1.54) is 21.0 Å². The van der Waals surface area contributed by atoms with E-state index in [9.17, 15) is 24.3 Å². The van der Waals surface area contributed by atoms with Gasteiger partial charge in [-0.1, -0.05) is 25.0 Å². The molecular formula is C35H43N7O7S. The Morgan fingerprint density at radius 3 is 2.54 bits per heavy atom. The number of hydrogen-bond donors (Lipinski definition) is 3. The lowest BCUT2D eigenvalue weighted by molar-refractivity contribution is -0.145. The fourth-order valence-corrected chi connectivity index (χ4v) is 7.23. The lowest BCUT2D eigenvalue weighted by Crippen LogP contribution is -2.56. The number of rotatable bonds is 6. The summed E-state index contributed by atoms with van der Waals surface area (Å²) in [5, 5.41) is 28.0. The molecule has 2 fully saturated rings. The van der Waals surface area contributed by atoms with Crippen molar-refractivity contribution in [2.45, 2.75) is 95.0 Å². The average Bonchev–Trinajstić information content (AvgIpc) is 3.52. The number of aromatic nitrogens is 4. The minimum absolute atomic E-state index is 0.0564. The molecule has 2 aliphatic heterocycles. The molecule has 3 aromatic rings. The van der Waals surface area contributed by atoms with E-state index in [1.807, 2.05) is 41.8 Å². The quantitative estimate of drug-likeness (QED) is 0.307. The van der Waals surface area contributed by atoms with Gasteiger partial charge in [-0.15, -0.1) is 16.4 Å². The molecule has 4 heterocycles. The van der Waals surface area contributed by atoms with E-state index in [2.05, 4.69) is 15.6 Å². The molecule has 14 nitrogen and oxygen atoms in total. The fourth-order valence-electron chi connectivity index (χ4n) is 6.61. The number of carboxylic acid groups (broad SMARTS) is 1. The molecule has 1 saturated carbocycles. The summed E-state index contributed by atoms with van der Waals surface area (Å²) in [6.07, 6.45) is 8.55. The van der Waals surface area contributed by atoms with Crippen molar-refractivity contribution in [1.82, 2.24) is 35.5 Å². The average molecular weight is 706 g/mol. The Morgan fingerprint density at radius 2 is 1.86 bits per heavy atom. The van der Waals surface area contributed by atoms with Crippen LogP contribution in [0.25, 0.3) is 22.0 Å². The monoisotopic (exact) mass is 705 g/mol. The molecule has 3 aliphatic rings. The Labute approximate surface area is 294 Å². The minimum Gasteiger partial charge on any atom is -0.497 e. The number of carboxylic acids is 1. The van der Waals surface area contributed by atoms with Gasteiger partial charge in [0.15, 0.2) is 0 Å². The lowest BCUT2D eigenvalue weighted by atomic mass is 10.0. The maximum absolute atomic E-state index is 14.4. The molecule has 1 aromatic carbocycles. The Bertz CT molecular complexity index is 1750. The van der Waals surface area contributed by atoms with E-state index in [0.717, 1.165) is 24.8 Å². The molecule has 5 atom stereocenters. The summed E-state index contributed by atoms with van der Waals surface area (Å²) in [5.74, 6) is -1.81. The second-order valence-electron chi connectivity index (χ2n) is 14.0. The van der Waals surface area contributed by atoms with E-state index in [1.54, 1.807) is 34.1 Å². The Hall–Kier alpha value is -4.79. The topological polar surface area (TPSA) is 178 Å². The predicted molar refractivity (Wildman–Crippen MR) is 184 cm³/mol. The van der Waals surface area contributed by atoms with Gasteiger partial charge in [0, 0.05) is 36.0 Å². The van der Waals surface area contributed by atoms with Crippen LogP contribution in [0, 0.1) is 5.92 Å². The molecule has 50 heavy (non-hydrogen) atoms. The van der Waals surface area contributed by atoms with Gasteiger partial charge in [0.25, 0.3) is 0 Å². The number of allylic oxidation sites excluding steroid dienone is 1. The number of methoxy groups -OCH3 is 1. The highest BCUT2D eigenvalue weighted by Gasteiger charge is 2.61. The van der Waals surface area contributed by atoms with Crippen molar-refractivity contribution in [2.24, 2.45) is 5.92 Å². The largest absolute Gasteiger partial charge is 0.497 e. The summed E-state index contributed by atoms with van der Waals surface area (Å²) in [6, 6.07) is 4.85. The molecule has 0 spiro atoms. The highest BCUT2D eigenvalue weighted by molar-refractivity contribution is 7.13. The van der Waals surface area contributed by atoms with Gasteiger partial charge in [0.1, 0.15) is 45.4 Å². The number of aliphatic carboxylic acids is 1. The number of nitrogens with one attached hydrogen (secondary N) is 2. The number of benzene rings is 1. The second-order valence-corrected chi connectivity index (χ2v) is 14.9. The van der Waals surface area contributed by atoms with Crippen LogP contribution in [0.2, 0.25) is 0 Å². The number of ether oxygens (including phenoxy) is 2. The molecule has 2 aromatic heterocycles. The van der Waals surface area contributed by atoms with Crippen LogP contribution in [0.4, 0.5) is 4.79 Å². The Kier molecular flexibility index (Phi) is 9.96. The van der Waals surface area contributed by atoms with Gasteiger partial charge in [-0.2, -0.15) is 9.90 Å². The maximum atomic E-state index is 14.4. The minimum atomic E-state index is -1.45. The van der Waals surface area contributed by atoms with Gasteiger partial charge in [-0.25, -0.2) is 14.6 Å². The number of carbonyl (C=O) groups excluding carboxylic acids is 3. The van der Waals surface area contributed by atoms with Crippen LogP contribution in [-0.2, 0) is 19.1 Å². The molecule has 6 rings (SSSR count). The lowest BCUT2D eigenvalue weighted by Gasteiger charge is -2.30. The molecule has 0 unspecified atom stereocenters. The summed E-state index contributed by atoms with van der Waals surface area (Å²) in [5.41, 5.74) is -0.327. The third kappa shape index (κ3) is 7.52. The van der Waals surface area contributed by atoms with Crippen LogP contribution < -0.4 is 15.4 Å². The number of carbonyl (C=O) groups is 4. The molecular weight excluding hydrogens is 662 g/mol. The van der Waals surface area contributed by atoms with Gasteiger partial charge in [-0.05, 0) is 70.7 Å². The normalized spacial score (nSPS) is 26.4. The maximum Gasteiger partial charge on any atom is 0.408 e. The van der Waals surface area contributed by atoms with Crippen molar-refractivity contribution in [3.63, 3.8) is 0 Å². The van der Waals surface area contributed by atoms with Gasteiger partial charge < -0.3 is 30.1 Å². The first kappa shape index (κ1) is 35.1. The van der Waals surface area contributed by atoms with Gasteiger partial charge >= 0.3 is 12.1 Å². The number of thiazole rings is 1. The summed E-state index contributed by atoms with van der Waals surface area (Å²) < 4.78 is 10.8. The molecule has 3 N–H and O–H groups in total. The predicted octanol–water partition coefficient (Wildman–Crippen LogP) is 4.59. The third-order valence-corrected chi connectivity index (χ3v) is 10.1. The standard InChI is InChI=1S/C35H43N7O7S/c1-34(2,3)49-33(47)37-25-11-9-7-5-6-8-10-22-19-35(22,32(45)46)38-29(43)26-18-23(20-41(26)31(25)44)42-39-27(21-12-14-24(48-4)15-13-21)28(40-42)30-36-16-17-50-30/h8,10,12-17,22-23,25-26H,5-7,9,11,18-20H2,1-4H3,(H,37,47)(H,38,43)(H,45,46)/b10-8-/t22-,23+,25+,26+,35-/m1/s1. The van der Waals surface area contributed by atoms with E-state index in [4.69, 9.17) is 19.7 Å². The van der Waals surface area contributed by atoms with Crippen LogP contribution in [0.1, 0.15) is 71.8 Å². The molecule has 266 valence electrons. The van der Waals surface area contributed by atoms with Gasteiger partial charge in [-0.3, -0.25) is 9.59 Å². The number of alkyl carbamates (subject to hydrolysis) is 1. The van der Waals surface area contributed by atoms with E-state index in [0.29, 0.717) is 35.0 Å². The Morgan fingerprint density at radius 1 is 1.10 bits per heavy atom. The molecule has 15 heteroatoms. The highest BCUT2D eigenvalue weighted by Crippen LogP contribution is 2.46. The summed E-state index contributed by atoms with van der Waals surface area (Å²) >= 11 is 1.41. The van der Waals surface area contributed by atoms with Crippen LogP contribution in [0.3, 0.4) is 0 Å². The zero-order valence-corrected chi connectivity index (χ0v) is 29.4. The SMILES string of the molecule is COc1ccc(-c2nn([C@H]3C[C@H]4C(=O)N[C@]5(C(=O)O)C[C@H]5/C=C\CCCCC[C@H](NC(=O)OC(C)(C)C)C(=O)N4C3)nc2-c2nccs2)cc1. The van der Waals surface area contributed by atoms with E-state index in [-0.39, 0.29) is 25.3 Å². The van der Waals surface area contributed by atoms with Crippen molar-refractivity contribution >= 4 is 35.2 Å². The zero-order valence-electron chi connectivity index (χ0n) is 28.6. The van der Waals surface area contributed by atoms with Crippen molar-refractivity contribution in [3.05, 3.63) is 48.0 Å². The first-order chi connectivity index (χ1) is 23.9.